The molecule has 2 N–H and O–H groups in total. The summed E-state index contributed by atoms with van der Waals surface area (Å²) < 4.78 is 5.39. The molecule has 1 amide bonds. The van der Waals surface area contributed by atoms with Crippen LogP contribution in [0.3, 0.4) is 0 Å². The molecule has 1 aliphatic heterocycles. The van der Waals surface area contributed by atoms with Gasteiger partial charge in [0, 0.05) is 38.2 Å². The molecule has 2 aromatic rings. The summed E-state index contributed by atoms with van der Waals surface area (Å²) in [5, 5.41) is 6.59. The molecule has 30 heavy (non-hydrogen) atoms. The summed E-state index contributed by atoms with van der Waals surface area (Å²) in [6, 6.07) is 16.3. The standard InChI is InChI=1S/C24H32N4O2/c1-3-25-24(27-17-20-10-6-7-12-22(20)30-2)26-15-8-13-23(29)28-16-14-19-9-4-5-11-21(19)18-28/h4-7,9-12H,3,8,13-18H2,1-2H3,(H2,25,26,27). The van der Waals surface area contributed by atoms with Gasteiger partial charge in [-0.15, -0.1) is 0 Å². The number of benzene rings is 2. The second kappa shape index (κ2) is 11.2. The van der Waals surface area contributed by atoms with Gasteiger partial charge in [0.25, 0.3) is 0 Å². The van der Waals surface area contributed by atoms with Gasteiger partial charge in [0.2, 0.25) is 5.91 Å². The third-order valence-corrected chi connectivity index (χ3v) is 5.29. The number of ether oxygens (including phenoxy) is 1. The fourth-order valence-corrected chi connectivity index (χ4v) is 3.65. The maximum atomic E-state index is 12.6. The van der Waals surface area contributed by atoms with Crippen molar-refractivity contribution in [1.82, 2.24) is 15.5 Å². The summed E-state index contributed by atoms with van der Waals surface area (Å²) in [6.45, 7) is 5.60. The molecule has 0 bridgehead atoms. The smallest absolute Gasteiger partial charge is 0.222 e. The molecule has 1 aliphatic rings. The molecular weight excluding hydrogens is 376 g/mol. The summed E-state index contributed by atoms with van der Waals surface area (Å²) in [7, 11) is 1.67. The first-order valence-corrected chi connectivity index (χ1v) is 10.7. The number of carbonyl (C=O) groups excluding carboxylic acids is 1. The number of carbonyl (C=O) groups is 1. The van der Waals surface area contributed by atoms with Gasteiger partial charge in [0.1, 0.15) is 5.75 Å². The fraction of sp³-hybridized carbons (Fsp3) is 0.417. The Morgan fingerprint density at radius 2 is 1.87 bits per heavy atom. The van der Waals surface area contributed by atoms with Gasteiger partial charge in [-0.05, 0) is 37.0 Å². The van der Waals surface area contributed by atoms with Gasteiger partial charge >= 0.3 is 0 Å². The number of amides is 1. The molecule has 0 fully saturated rings. The van der Waals surface area contributed by atoms with Crippen molar-refractivity contribution in [1.29, 1.82) is 0 Å². The van der Waals surface area contributed by atoms with Crippen molar-refractivity contribution in [3.05, 3.63) is 65.2 Å². The van der Waals surface area contributed by atoms with Crippen LogP contribution < -0.4 is 15.4 Å². The van der Waals surface area contributed by atoms with E-state index < -0.39 is 0 Å². The lowest BCUT2D eigenvalue weighted by molar-refractivity contribution is -0.132. The van der Waals surface area contributed by atoms with E-state index in [1.165, 1.54) is 11.1 Å². The molecule has 2 aromatic carbocycles. The zero-order valence-corrected chi connectivity index (χ0v) is 18.0. The third-order valence-electron chi connectivity index (χ3n) is 5.29. The number of hydrogen-bond donors (Lipinski definition) is 2. The minimum atomic E-state index is 0.224. The maximum Gasteiger partial charge on any atom is 0.222 e. The summed E-state index contributed by atoms with van der Waals surface area (Å²) >= 11 is 0. The SMILES string of the molecule is CCNC(=NCc1ccccc1OC)NCCCC(=O)N1CCc2ccccc2C1. The van der Waals surface area contributed by atoms with E-state index in [-0.39, 0.29) is 5.91 Å². The van der Waals surface area contributed by atoms with Crippen molar-refractivity contribution in [2.24, 2.45) is 4.99 Å². The first-order chi connectivity index (χ1) is 14.7. The summed E-state index contributed by atoms with van der Waals surface area (Å²) in [5.74, 6) is 1.82. The Bertz CT molecular complexity index is 866. The van der Waals surface area contributed by atoms with Crippen molar-refractivity contribution < 1.29 is 9.53 Å². The number of methoxy groups -OCH3 is 1. The summed E-state index contributed by atoms with van der Waals surface area (Å²) in [6.07, 6.45) is 2.26. The number of guanidine groups is 1. The van der Waals surface area contributed by atoms with Crippen LogP contribution in [0.25, 0.3) is 0 Å². The molecule has 0 radical (unpaired) electrons. The van der Waals surface area contributed by atoms with E-state index in [0.717, 1.165) is 49.7 Å². The van der Waals surface area contributed by atoms with E-state index in [4.69, 9.17) is 4.74 Å². The predicted molar refractivity (Wildman–Crippen MR) is 121 cm³/mol. The number of para-hydroxylation sites is 1. The lowest BCUT2D eigenvalue weighted by atomic mass is 9.99. The topological polar surface area (TPSA) is 66.0 Å². The van der Waals surface area contributed by atoms with Crippen LogP contribution in [0.5, 0.6) is 5.75 Å². The van der Waals surface area contributed by atoms with E-state index in [1.807, 2.05) is 42.2 Å². The highest BCUT2D eigenvalue weighted by Crippen LogP contribution is 2.19. The van der Waals surface area contributed by atoms with E-state index in [0.29, 0.717) is 19.5 Å². The molecule has 0 saturated carbocycles. The van der Waals surface area contributed by atoms with Gasteiger partial charge < -0.3 is 20.3 Å². The third kappa shape index (κ3) is 5.99. The van der Waals surface area contributed by atoms with Gasteiger partial charge in [-0.25, -0.2) is 4.99 Å². The molecule has 0 spiro atoms. The monoisotopic (exact) mass is 408 g/mol. The number of hydrogen-bond acceptors (Lipinski definition) is 3. The van der Waals surface area contributed by atoms with Crippen LogP contribution in [0.15, 0.2) is 53.5 Å². The normalized spacial score (nSPS) is 13.5. The minimum absolute atomic E-state index is 0.224. The Labute approximate surface area is 179 Å². The van der Waals surface area contributed by atoms with E-state index >= 15 is 0 Å². The Balaban J connectivity index is 1.45. The Kier molecular flexibility index (Phi) is 8.12. The summed E-state index contributed by atoms with van der Waals surface area (Å²) in [4.78, 5) is 19.2. The number of nitrogens with one attached hydrogen (secondary N) is 2. The average molecular weight is 409 g/mol. The highest BCUT2D eigenvalue weighted by Gasteiger charge is 2.19. The van der Waals surface area contributed by atoms with Crippen LogP contribution >= 0.6 is 0 Å². The molecule has 0 atom stereocenters. The van der Waals surface area contributed by atoms with Gasteiger partial charge in [-0.1, -0.05) is 42.5 Å². The van der Waals surface area contributed by atoms with Crippen molar-refractivity contribution in [2.75, 3.05) is 26.7 Å². The highest BCUT2D eigenvalue weighted by molar-refractivity contribution is 5.80. The fourth-order valence-electron chi connectivity index (χ4n) is 3.65. The van der Waals surface area contributed by atoms with Crippen LogP contribution in [-0.4, -0.2) is 43.5 Å². The van der Waals surface area contributed by atoms with E-state index in [1.54, 1.807) is 7.11 Å². The molecule has 3 rings (SSSR count). The Morgan fingerprint density at radius 3 is 2.67 bits per heavy atom. The maximum absolute atomic E-state index is 12.6. The Hall–Kier alpha value is -3.02. The van der Waals surface area contributed by atoms with Gasteiger partial charge in [0.05, 0.1) is 13.7 Å². The van der Waals surface area contributed by atoms with Crippen molar-refractivity contribution in [2.45, 2.75) is 39.3 Å². The van der Waals surface area contributed by atoms with Crippen LogP contribution in [0.2, 0.25) is 0 Å². The highest BCUT2D eigenvalue weighted by atomic mass is 16.5. The quantitative estimate of drug-likeness (QED) is 0.400. The first kappa shape index (κ1) is 21.7. The molecule has 0 aliphatic carbocycles. The van der Waals surface area contributed by atoms with Gasteiger partial charge in [-0.2, -0.15) is 0 Å². The zero-order valence-electron chi connectivity index (χ0n) is 18.0. The lowest BCUT2D eigenvalue weighted by Crippen LogP contribution is -2.39. The number of nitrogens with zero attached hydrogens (tertiary/aromatic N) is 2. The average Bonchev–Trinajstić information content (AvgIpc) is 2.79. The van der Waals surface area contributed by atoms with Crippen LogP contribution in [0.4, 0.5) is 0 Å². The second-order valence-electron chi connectivity index (χ2n) is 7.37. The minimum Gasteiger partial charge on any atom is -0.496 e. The van der Waals surface area contributed by atoms with Crippen molar-refractivity contribution >= 4 is 11.9 Å². The largest absolute Gasteiger partial charge is 0.496 e. The second-order valence-corrected chi connectivity index (χ2v) is 7.37. The molecule has 0 unspecified atom stereocenters. The molecule has 1 heterocycles. The van der Waals surface area contributed by atoms with E-state index in [9.17, 15) is 4.79 Å². The molecule has 6 nitrogen and oxygen atoms in total. The van der Waals surface area contributed by atoms with Gasteiger partial charge in [-0.3, -0.25) is 4.79 Å². The van der Waals surface area contributed by atoms with Crippen molar-refractivity contribution in [3.63, 3.8) is 0 Å². The Morgan fingerprint density at radius 1 is 1.10 bits per heavy atom. The van der Waals surface area contributed by atoms with Gasteiger partial charge in [0.15, 0.2) is 5.96 Å². The first-order valence-electron chi connectivity index (χ1n) is 10.7. The summed E-state index contributed by atoms with van der Waals surface area (Å²) in [5.41, 5.74) is 3.68. The molecule has 160 valence electrons. The van der Waals surface area contributed by atoms with E-state index in [2.05, 4.69) is 33.8 Å². The number of fused-ring (bicyclic) bond motifs is 1. The predicted octanol–water partition coefficient (Wildman–Crippen LogP) is 3.12. The number of aliphatic imine (C=N–C) groups is 1. The molecule has 0 aromatic heterocycles. The van der Waals surface area contributed by atoms with Crippen LogP contribution in [0, 0.1) is 0 Å². The number of rotatable bonds is 8. The van der Waals surface area contributed by atoms with Crippen LogP contribution in [0.1, 0.15) is 36.5 Å². The lowest BCUT2D eigenvalue weighted by Gasteiger charge is -2.29. The zero-order chi connectivity index (χ0) is 21.2. The van der Waals surface area contributed by atoms with Crippen molar-refractivity contribution in [3.8, 4) is 5.75 Å². The molecular formula is C24H32N4O2. The molecule has 0 saturated heterocycles. The molecule has 6 heteroatoms. The van der Waals surface area contributed by atoms with Crippen LogP contribution in [-0.2, 0) is 24.3 Å².